The van der Waals surface area contributed by atoms with Crippen molar-refractivity contribution in [2.24, 2.45) is 0 Å². The predicted molar refractivity (Wildman–Crippen MR) is 56.0 cm³/mol. The summed E-state index contributed by atoms with van der Waals surface area (Å²) in [5.74, 6) is 1.09. The van der Waals surface area contributed by atoms with E-state index in [-0.39, 0.29) is 5.90 Å². The van der Waals surface area contributed by atoms with Gasteiger partial charge in [0.15, 0.2) is 5.90 Å². The molecule has 1 aromatic rings. The number of methoxy groups -OCH3 is 1. The van der Waals surface area contributed by atoms with E-state index >= 15 is 0 Å². The number of rotatable bonds is 4. The zero-order chi connectivity index (χ0) is 10.4. The Kier molecular flexibility index (Phi) is 3.98. The number of ether oxygens (including phenoxy) is 2. The summed E-state index contributed by atoms with van der Waals surface area (Å²) >= 11 is 0. The number of nitrogens with one attached hydrogen (secondary N) is 1. The summed E-state index contributed by atoms with van der Waals surface area (Å²) in [6.07, 6.45) is 0.504. The fourth-order valence-electron chi connectivity index (χ4n) is 1.07. The van der Waals surface area contributed by atoms with Gasteiger partial charge in [-0.05, 0) is 24.6 Å². The topological polar surface area (TPSA) is 42.3 Å². The molecule has 0 radical (unpaired) electrons. The van der Waals surface area contributed by atoms with Crippen molar-refractivity contribution >= 4 is 5.90 Å². The molecule has 0 unspecified atom stereocenters. The summed E-state index contributed by atoms with van der Waals surface area (Å²) in [5.41, 5.74) is 1.17. The van der Waals surface area contributed by atoms with Crippen molar-refractivity contribution in [1.29, 1.82) is 5.41 Å². The second-order valence-electron chi connectivity index (χ2n) is 3.04. The lowest BCUT2D eigenvalue weighted by atomic mass is 10.2. The summed E-state index contributed by atoms with van der Waals surface area (Å²) in [4.78, 5) is 0. The first-order valence-corrected chi connectivity index (χ1v) is 4.53. The van der Waals surface area contributed by atoms with Gasteiger partial charge >= 0.3 is 0 Å². The molecule has 3 heteroatoms. The van der Waals surface area contributed by atoms with Crippen LogP contribution in [-0.2, 0) is 4.74 Å². The van der Waals surface area contributed by atoms with Gasteiger partial charge in [0, 0.05) is 0 Å². The van der Waals surface area contributed by atoms with Crippen molar-refractivity contribution in [1.82, 2.24) is 0 Å². The van der Waals surface area contributed by atoms with E-state index in [1.165, 1.54) is 12.7 Å². The van der Waals surface area contributed by atoms with Crippen LogP contribution in [0.1, 0.15) is 12.0 Å². The smallest absolute Gasteiger partial charge is 0.183 e. The van der Waals surface area contributed by atoms with Crippen molar-refractivity contribution in [3.8, 4) is 5.75 Å². The molecule has 1 aromatic carbocycles. The second-order valence-corrected chi connectivity index (χ2v) is 3.04. The first kappa shape index (κ1) is 10.6. The molecule has 1 rings (SSSR count). The number of hydrogen-bond acceptors (Lipinski definition) is 3. The van der Waals surface area contributed by atoms with Crippen LogP contribution in [0.3, 0.4) is 0 Å². The third-order valence-electron chi connectivity index (χ3n) is 1.83. The summed E-state index contributed by atoms with van der Waals surface area (Å²) < 4.78 is 10.2. The van der Waals surface area contributed by atoms with Crippen LogP contribution in [0.4, 0.5) is 0 Å². The SMILES string of the molecule is COC(=N)CCOc1cccc(C)c1. The molecule has 0 amide bonds. The zero-order valence-electron chi connectivity index (χ0n) is 8.54. The molecule has 0 aromatic heterocycles. The molecular weight excluding hydrogens is 178 g/mol. The Morgan fingerprint density at radius 1 is 1.43 bits per heavy atom. The van der Waals surface area contributed by atoms with E-state index in [4.69, 9.17) is 14.9 Å². The highest BCUT2D eigenvalue weighted by molar-refractivity contribution is 5.72. The summed E-state index contributed by atoms with van der Waals surface area (Å²) in [6.45, 7) is 2.50. The Morgan fingerprint density at radius 2 is 2.21 bits per heavy atom. The highest BCUT2D eigenvalue weighted by atomic mass is 16.5. The third kappa shape index (κ3) is 3.47. The molecule has 0 saturated heterocycles. The van der Waals surface area contributed by atoms with Crippen LogP contribution in [0, 0.1) is 12.3 Å². The summed E-state index contributed by atoms with van der Waals surface area (Å²) in [5, 5.41) is 7.24. The standard InChI is InChI=1S/C11H15NO2/c1-9-4-3-5-10(8-9)14-7-6-11(12)13-2/h3-5,8,12H,6-7H2,1-2H3. The van der Waals surface area contributed by atoms with Gasteiger partial charge in [-0.1, -0.05) is 12.1 Å². The maximum Gasteiger partial charge on any atom is 0.183 e. The lowest BCUT2D eigenvalue weighted by Crippen LogP contribution is -2.06. The van der Waals surface area contributed by atoms with Crippen molar-refractivity contribution in [2.45, 2.75) is 13.3 Å². The molecule has 0 heterocycles. The van der Waals surface area contributed by atoms with Gasteiger partial charge in [-0.3, -0.25) is 5.41 Å². The minimum absolute atomic E-state index is 0.248. The van der Waals surface area contributed by atoms with Gasteiger partial charge in [0.1, 0.15) is 5.75 Å². The molecular formula is C11H15NO2. The lowest BCUT2D eigenvalue weighted by Gasteiger charge is -2.06. The normalized spacial score (nSPS) is 9.57. The molecule has 0 fully saturated rings. The molecule has 0 aliphatic rings. The van der Waals surface area contributed by atoms with E-state index in [0.29, 0.717) is 13.0 Å². The summed E-state index contributed by atoms with van der Waals surface area (Å²) in [7, 11) is 1.50. The van der Waals surface area contributed by atoms with Gasteiger partial charge in [-0.25, -0.2) is 0 Å². The van der Waals surface area contributed by atoms with Crippen LogP contribution in [-0.4, -0.2) is 19.6 Å². The minimum atomic E-state index is 0.248. The minimum Gasteiger partial charge on any atom is -0.493 e. The predicted octanol–water partition coefficient (Wildman–Crippen LogP) is 2.39. The van der Waals surface area contributed by atoms with E-state index in [1.54, 1.807) is 0 Å². The molecule has 76 valence electrons. The average molecular weight is 193 g/mol. The fraction of sp³-hybridized carbons (Fsp3) is 0.364. The Hall–Kier alpha value is -1.51. The van der Waals surface area contributed by atoms with Crippen LogP contribution in [0.15, 0.2) is 24.3 Å². The number of benzene rings is 1. The van der Waals surface area contributed by atoms with Crippen LogP contribution in [0.25, 0.3) is 0 Å². The van der Waals surface area contributed by atoms with Gasteiger partial charge in [0.05, 0.1) is 20.1 Å². The van der Waals surface area contributed by atoms with E-state index in [1.807, 2.05) is 31.2 Å². The van der Waals surface area contributed by atoms with Crippen LogP contribution < -0.4 is 4.74 Å². The molecule has 3 nitrogen and oxygen atoms in total. The first-order chi connectivity index (χ1) is 6.72. The maximum atomic E-state index is 7.24. The lowest BCUT2D eigenvalue weighted by molar-refractivity contribution is 0.307. The largest absolute Gasteiger partial charge is 0.493 e. The van der Waals surface area contributed by atoms with Crippen LogP contribution in [0.2, 0.25) is 0 Å². The van der Waals surface area contributed by atoms with Crippen LogP contribution in [0.5, 0.6) is 5.75 Å². The van der Waals surface area contributed by atoms with Crippen molar-refractivity contribution in [2.75, 3.05) is 13.7 Å². The second kappa shape index (κ2) is 5.27. The van der Waals surface area contributed by atoms with Crippen molar-refractivity contribution < 1.29 is 9.47 Å². The number of hydrogen-bond donors (Lipinski definition) is 1. The van der Waals surface area contributed by atoms with Gasteiger partial charge in [0.2, 0.25) is 0 Å². The van der Waals surface area contributed by atoms with Gasteiger partial charge in [0.25, 0.3) is 0 Å². The van der Waals surface area contributed by atoms with Gasteiger partial charge in [-0.2, -0.15) is 0 Å². The fourth-order valence-corrected chi connectivity index (χ4v) is 1.07. The highest BCUT2D eigenvalue weighted by Crippen LogP contribution is 2.12. The monoisotopic (exact) mass is 193 g/mol. The van der Waals surface area contributed by atoms with E-state index < -0.39 is 0 Å². The molecule has 14 heavy (non-hydrogen) atoms. The van der Waals surface area contributed by atoms with Crippen molar-refractivity contribution in [3.63, 3.8) is 0 Å². The first-order valence-electron chi connectivity index (χ1n) is 4.53. The summed E-state index contributed by atoms with van der Waals surface area (Å²) in [6, 6.07) is 7.84. The van der Waals surface area contributed by atoms with E-state index in [9.17, 15) is 0 Å². The molecule has 0 atom stereocenters. The molecule has 0 aliphatic carbocycles. The molecule has 1 N–H and O–H groups in total. The molecule has 0 aliphatic heterocycles. The average Bonchev–Trinajstić information content (AvgIpc) is 2.17. The van der Waals surface area contributed by atoms with Crippen molar-refractivity contribution in [3.05, 3.63) is 29.8 Å². The molecule has 0 spiro atoms. The van der Waals surface area contributed by atoms with E-state index in [0.717, 1.165) is 5.75 Å². The Bertz CT molecular complexity index is 310. The maximum absolute atomic E-state index is 7.24. The molecule has 0 bridgehead atoms. The zero-order valence-corrected chi connectivity index (χ0v) is 8.54. The highest BCUT2D eigenvalue weighted by Gasteiger charge is 1.97. The Labute approximate surface area is 84.2 Å². The Morgan fingerprint density at radius 3 is 2.86 bits per heavy atom. The van der Waals surface area contributed by atoms with E-state index in [2.05, 4.69) is 0 Å². The van der Waals surface area contributed by atoms with Crippen LogP contribution >= 0.6 is 0 Å². The molecule has 0 saturated carbocycles. The van der Waals surface area contributed by atoms with Gasteiger partial charge in [-0.15, -0.1) is 0 Å². The number of aryl methyl sites for hydroxylation is 1. The van der Waals surface area contributed by atoms with Gasteiger partial charge < -0.3 is 9.47 Å². The Balaban J connectivity index is 2.35. The third-order valence-corrected chi connectivity index (χ3v) is 1.83. The quantitative estimate of drug-likeness (QED) is 0.589.